The third-order valence-corrected chi connectivity index (χ3v) is 4.72. The van der Waals surface area contributed by atoms with Gasteiger partial charge in [-0.2, -0.15) is 0 Å². The molecule has 25 heavy (non-hydrogen) atoms. The molecule has 4 nitrogen and oxygen atoms in total. The van der Waals surface area contributed by atoms with E-state index in [-0.39, 0.29) is 5.41 Å². The molecule has 1 aliphatic heterocycles. The Hall–Kier alpha value is -2.10. The van der Waals surface area contributed by atoms with Crippen LogP contribution in [0, 0.1) is 5.41 Å². The third-order valence-electron chi connectivity index (χ3n) is 4.72. The molecule has 0 radical (unpaired) electrons. The van der Waals surface area contributed by atoms with Crippen molar-refractivity contribution in [1.82, 2.24) is 14.9 Å². The van der Waals surface area contributed by atoms with Gasteiger partial charge in [-0.15, -0.1) is 0 Å². The Morgan fingerprint density at radius 3 is 2.20 bits per heavy atom. The van der Waals surface area contributed by atoms with E-state index in [1.807, 2.05) is 24.3 Å². The van der Waals surface area contributed by atoms with Gasteiger partial charge in [-0.25, -0.2) is 9.97 Å². The zero-order chi connectivity index (χ0) is 18.0. The van der Waals surface area contributed by atoms with Gasteiger partial charge in [0.05, 0.1) is 16.7 Å². The minimum atomic E-state index is 0.285. The van der Waals surface area contributed by atoms with E-state index >= 15 is 0 Å². The molecule has 0 bridgehead atoms. The number of aromatic nitrogens is 2. The molecule has 4 heteroatoms. The van der Waals surface area contributed by atoms with Gasteiger partial charge in [-0.05, 0) is 30.4 Å². The number of anilines is 1. The molecule has 1 aromatic carbocycles. The van der Waals surface area contributed by atoms with Crippen LogP contribution >= 0.6 is 0 Å². The predicted molar refractivity (Wildman–Crippen MR) is 106 cm³/mol. The summed E-state index contributed by atoms with van der Waals surface area (Å²) in [6.07, 6.45) is 1.95. The minimum absolute atomic E-state index is 0.285. The first-order chi connectivity index (χ1) is 11.9. The fraction of sp³-hybridized carbons (Fsp3) is 0.524. The number of allylic oxidation sites excluding steroid dienone is 1. The van der Waals surface area contributed by atoms with E-state index < -0.39 is 0 Å². The Morgan fingerprint density at radius 2 is 1.64 bits per heavy atom. The van der Waals surface area contributed by atoms with E-state index in [1.54, 1.807) is 0 Å². The lowest BCUT2D eigenvalue weighted by molar-refractivity contribution is 0.276. The highest BCUT2D eigenvalue weighted by atomic mass is 15.3. The second kappa shape index (κ2) is 7.03. The molecule has 3 rings (SSSR count). The minimum Gasteiger partial charge on any atom is -0.372 e. The average molecular weight is 338 g/mol. The van der Waals surface area contributed by atoms with E-state index in [4.69, 9.17) is 9.97 Å². The molecule has 0 N–H and O–H groups in total. The van der Waals surface area contributed by atoms with Gasteiger partial charge < -0.3 is 9.80 Å². The second-order valence-corrected chi connectivity index (χ2v) is 8.11. The molecule has 0 unspecified atom stereocenters. The SMILES string of the molecule is C=C(CC(C)(C)C)N1CCN(c2nc3ccccc3nc2CC)CC1. The van der Waals surface area contributed by atoms with Crippen LogP contribution in [0.1, 0.15) is 39.8 Å². The summed E-state index contributed by atoms with van der Waals surface area (Å²) in [6, 6.07) is 8.14. The molecule has 0 amide bonds. The summed E-state index contributed by atoms with van der Waals surface area (Å²) in [7, 11) is 0. The topological polar surface area (TPSA) is 32.3 Å². The Balaban J connectivity index is 1.74. The lowest BCUT2D eigenvalue weighted by atomic mass is 9.90. The zero-order valence-corrected chi connectivity index (χ0v) is 16.0. The monoisotopic (exact) mass is 338 g/mol. The van der Waals surface area contributed by atoms with E-state index in [2.05, 4.69) is 44.1 Å². The lowest BCUT2D eigenvalue weighted by Gasteiger charge is -2.39. The number of hydrogen-bond donors (Lipinski definition) is 0. The normalized spacial score (nSPS) is 15.7. The average Bonchev–Trinajstić information content (AvgIpc) is 2.59. The van der Waals surface area contributed by atoms with E-state index in [1.165, 1.54) is 5.70 Å². The number of nitrogens with zero attached hydrogens (tertiary/aromatic N) is 4. The Kier molecular flexibility index (Phi) is 4.98. The molecular weight excluding hydrogens is 308 g/mol. The molecule has 0 saturated carbocycles. The van der Waals surface area contributed by atoms with Crippen LogP contribution in [0.5, 0.6) is 0 Å². The van der Waals surface area contributed by atoms with Crippen molar-refractivity contribution < 1.29 is 0 Å². The van der Waals surface area contributed by atoms with Gasteiger partial charge in [0.15, 0.2) is 5.82 Å². The zero-order valence-electron chi connectivity index (χ0n) is 16.0. The summed E-state index contributed by atoms with van der Waals surface area (Å²) in [4.78, 5) is 14.6. The van der Waals surface area contributed by atoms with Gasteiger partial charge in [-0.1, -0.05) is 46.4 Å². The summed E-state index contributed by atoms with van der Waals surface area (Å²) in [5, 5.41) is 0. The maximum atomic E-state index is 4.92. The van der Waals surface area contributed by atoms with Crippen LogP contribution in [0.3, 0.4) is 0 Å². The number of rotatable bonds is 4. The van der Waals surface area contributed by atoms with Crippen LogP contribution in [0.15, 0.2) is 36.5 Å². The largest absolute Gasteiger partial charge is 0.372 e. The standard InChI is InChI=1S/C21H30N4/c1-6-17-20(23-19-10-8-7-9-18(19)22-17)25-13-11-24(12-14-25)16(2)15-21(3,4)5/h7-10H,2,6,11-15H2,1,3-5H3. The Labute approximate surface area is 151 Å². The quantitative estimate of drug-likeness (QED) is 0.833. The van der Waals surface area contributed by atoms with Crippen molar-refractivity contribution in [2.75, 3.05) is 31.1 Å². The molecule has 2 heterocycles. The van der Waals surface area contributed by atoms with Gasteiger partial charge in [-0.3, -0.25) is 0 Å². The first-order valence-electron chi connectivity index (χ1n) is 9.31. The molecule has 2 aromatic rings. The maximum absolute atomic E-state index is 4.92. The van der Waals surface area contributed by atoms with Gasteiger partial charge >= 0.3 is 0 Å². The van der Waals surface area contributed by atoms with Crippen molar-refractivity contribution in [2.45, 2.75) is 40.5 Å². The summed E-state index contributed by atoms with van der Waals surface area (Å²) in [6.45, 7) is 17.2. The maximum Gasteiger partial charge on any atom is 0.151 e. The Morgan fingerprint density at radius 1 is 1.04 bits per heavy atom. The third kappa shape index (κ3) is 4.12. The molecule has 1 saturated heterocycles. The van der Waals surface area contributed by atoms with E-state index in [0.717, 1.165) is 61.6 Å². The summed E-state index contributed by atoms with van der Waals surface area (Å²) in [5.41, 5.74) is 4.61. The number of benzene rings is 1. The molecule has 1 aliphatic rings. The fourth-order valence-corrected chi connectivity index (χ4v) is 3.48. The van der Waals surface area contributed by atoms with E-state index in [9.17, 15) is 0 Å². The van der Waals surface area contributed by atoms with Crippen molar-refractivity contribution in [3.05, 3.63) is 42.2 Å². The van der Waals surface area contributed by atoms with Crippen molar-refractivity contribution in [2.24, 2.45) is 5.41 Å². The van der Waals surface area contributed by atoms with Gasteiger partial charge in [0, 0.05) is 31.9 Å². The Bertz CT molecular complexity index is 752. The highest BCUT2D eigenvalue weighted by Gasteiger charge is 2.23. The number of aryl methyl sites for hydroxylation is 1. The highest BCUT2D eigenvalue weighted by Crippen LogP contribution is 2.27. The first kappa shape index (κ1) is 17.7. The smallest absolute Gasteiger partial charge is 0.151 e. The molecular formula is C21H30N4. The lowest BCUT2D eigenvalue weighted by Crippen LogP contribution is -2.46. The van der Waals surface area contributed by atoms with Gasteiger partial charge in [0.2, 0.25) is 0 Å². The summed E-state index contributed by atoms with van der Waals surface area (Å²) in [5.74, 6) is 1.06. The summed E-state index contributed by atoms with van der Waals surface area (Å²) >= 11 is 0. The van der Waals surface area contributed by atoms with Crippen molar-refractivity contribution in [1.29, 1.82) is 0 Å². The second-order valence-electron chi connectivity index (χ2n) is 8.11. The molecule has 134 valence electrons. The number of fused-ring (bicyclic) bond motifs is 1. The highest BCUT2D eigenvalue weighted by molar-refractivity contribution is 5.76. The van der Waals surface area contributed by atoms with Crippen LogP contribution in [-0.4, -0.2) is 41.0 Å². The van der Waals surface area contributed by atoms with Crippen molar-refractivity contribution in [3.8, 4) is 0 Å². The molecule has 0 spiro atoms. The number of hydrogen-bond acceptors (Lipinski definition) is 4. The molecule has 0 atom stereocenters. The first-order valence-corrected chi connectivity index (χ1v) is 9.31. The number of para-hydroxylation sites is 2. The fourth-order valence-electron chi connectivity index (χ4n) is 3.48. The van der Waals surface area contributed by atoms with E-state index in [0.29, 0.717) is 0 Å². The van der Waals surface area contributed by atoms with Crippen LogP contribution in [0.2, 0.25) is 0 Å². The van der Waals surface area contributed by atoms with Crippen LogP contribution in [0.4, 0.5) is 5.82 Å². The molecule has 1 aromatic heterocycles. The molecule has 1 fully saturated rings. The van der Waals surface area contributed by atoms with Gasteiger partial charge in [0.25, 0.3) is 0 Å². The van der Waals surface area contributed by atoms with Crippen molar-refractivity contribution >= 4 is 16.9 Å². The predicted octanol–water partition coefficient (Wildman–Crippen LogP) is 4.26. The van der Waals surface area contributed by atoms with Crippen LogP contribution in [0.25, 0.3) is 11.0 Å². The number of piperazine rings is 1. The van der Waals surface area contributed by atoms with Crippen molar-refractivity contribution in [3.63, 3.8) is 0 Å². The molecule has 0 aliphatic carbocycles. The van der Waals surface area contributed by atoms with Crippen LogP contribution < -0.4 is 4.90 Å². The summed E-state index contributed by atoms with van der Waals surface area (Å²) < 4.78 is 0. The van der Waals surface area contributed by atoms with Crippen LogP contribution in [-0.2, 0) is 6.42 Å². The van der Waals surface area contributed by atoms with Gasteiger partial charge in [0.1, 0.15) is 0 Å².